The Morgan fingerprint density at radius 2 is 2.00 bits per heavy atom. The Morgan fingerprint density at radius 1 is 1.29 bits per heavy atom. The Balaban J connectivity index is 2.83. The zero-order chi connectivity index (χ0) is 15.4. The zero-order valence-corrected chi connectivity index (χ0v) is 12.0. The van der Waals surface area contributed by atoms with Gasteiger partial charge in [-0.1, -0.05) is 36.9 Å². The van der Waals surface area contributed by atoms with Crippen LogP contribution in [0.4, 0.5) is 0 Å². The summed E-state index contributed by atoms with van der Waals surface area (Å²) in [5.41, 5.74) is 0.624. The van der Waals surface area contributed by atoms with Crippen LogP contribution in [0.25, 0.3) is 10.8 Å². The first-order valence-electron chi connectivity index (χ1n) is 6.48. The number of esters is 1. The van der Waals surface area contributed by atoms with Crippen LogP contribution in [0.3, 0.4) is 0 Å². The molecule has 0 saturated heterocycles. The van der Waals surface area contributed by atoms with Crippen LogP contribution in [-0.2, 0) is 4.74 Å². The molecule has 0 heterocycles. The molecule has 0 unspecified atom stereocenters. The smallest absolute Gasteiger partial charge is 0.341 e. The van der Waals surface area contributed by atoms with Crippen LogP contribution in [0.5, 0.6) is 5.75 Å². The van der Waals surface area contributed by atoms with E-state index in [1.54, 1.807) is 12.1 Å². The van der Waals surface area contributed by atoms with Crippen LogP contribution in [0.1, 0.15) is 27.6 Å². The lowest BCUT2D eigenvalue weighted by Crippen LogP contribution is -2.10. The van der Waals surface area contributed by atoms with E-state index in [4.69, 9.17) is 9.47 Å². The molecule has 0 aromatic heterocycles. The van der Waals surface area contributed by atoms with Crippen LogP contribution in [-0.4, -0.2) is 25.5 Å². The molecule has 2 aromatic carbocycles. The summed E-state index contributed by atoms with van der Waals surface area (Å²) in [6, 6.07) is 9.02. The average molecular weight is 284 g/mol. The lowest BCUT2D eigenvalue weighted by Gasteiger charge is -2.15. The predicted molar refractivity (Wildman–Crippen MR) is 81.0 cm³/mol. The third kappa shape index (κ3) is 2.79. The van der Waals surface area contributed by atoms with E-state index in [2.05, 4.69) is 6.58 Å². The number of benzene rings is 2. The van der Waals surface area contributed by atoms with Gasteiger partial charge in [-0.25, -0.2) is 4.79 Å². The molecule has 21 heavy (non-hydrogen) atoms. The molecule has 2 aromatic rings. The van der Waals surface area contributed by atoms with E-state index in [0.717, 1.165) is 10.8 Å². The minimum Gasteiger partial charge on any atom is -0.488 e. The Kier molecular flexibility index (Phi) is 4.38. The van der Waals surface area contributed by atoms with Crippen LogP contribution in [0.2, 0.25) is 0 Å². The minimum absolute atomic E-state index is 0.170. The van der Waals surface area contributed by atoms with Crippen LogP contribution >= 0.6 is 0 Å². The van der Waals surface area contributed by atoms with Crippen LogP contribution < -0.4 is 4.74 Å². The minimum atomic E-state index is -0.540. The first-order chi connectivity index (χ1) is 10.1. The van der Waals surface area contributed by atoms with E-state index in [1.807, 2.05) is 24.3 Å². The standard InChI is InChI=1S/C17H16O4/c1-4-9-21-16-14(17(19)20-3)10-12-7-5-6-8-13(12)15(16)11(2)18/h4-8,10H,1,9H2,2-3H3. The summed E-state index contributed by atoms with van der Waals surface area (Å²) in [7, 11) is 1.29. The molecular formula is C17H16O4. The highest BCUT2D eigenvalue weighted by molar-refractivity contribution is 6.13. The van der Waals surface area contributed by atoms with Gasteiger partial charge < -0.3 is 9.47 Å². The SMILES string of the molecule is C=CCOc1c(C(=O)OC)cc2ccccc2c1C(C)=O. The molecule has 0 spiro atoms. The molecule has 0 aliphatic rings. The van der Waals surface area contributed by atoms with Crippen molar-refractivity contribution >= 4 is 22.5 Å². The second-order valence-corrected chi connectivity index (χ2v) is 4.50. The third-order valence-electron chi connectivity index (χ3n) is 3.10. The van der Waals surface area contributed by atoms with Gasteiger partial charge in [-0.15, -0.1) is 0 Å². The van der Waals surface area contributed by atoms with Crippen molar-refractivity contribution in [3.8, 4) is 5.75 Å². The Labute approximate surface area is 123 Å². The summed E-state index contributed by atoms with van der Waals surface area (Å²) in [5, 5.41) is 1.53. The summed E-state index contributed by atoms with van der Waals surface area (Å²) in [6.45, 7) is 5.23. The van der Waals surface area contributed by atoms with Crippen LogP contribution in [0, 0.1) is 0 Å². The van der Waals surface area contributed by atoms with Gasteiger partial charge in [0.25, 0.3) is 0 Å². The molecule has 0 aliphatic heterocycles. The molecule has 0 N–H and O–H groups in total. The van der Waals surface area contributed by atoms with E-state index in [9.17, 15) is 9.59 Å². The molecule has 0 saturated carbocycles. The maximum absolute atomic E-state index is 12.0. The number of carbonyl (C=O) groups excluding carboxylic acids is 2. The first kappa shape index (κ1) is 14.8. The van der Waals surface area contributed by atoms with Crippen molar-refractivity contribution in [2.75, 3.05) is 13.7 Å². The Hall–Kier alpha value is -2.62. The largest absolute Gasteiger partial charge is 0.488 e. The van der Waals surface area contributed by atoms with E-state index >= 15 is 0 Å². The Morgan fingerprint density at radius 3 is 2.62 bits per heavy atom. The van der Waals surface area contributed by atoms with Crippen molar-refractivity contribution in [1.29, 1.82) is 0 Å². The van der Waals surface area contributed by atoms with Gasteiger partial charge in [-0.05, 0) is 23.8 Å². The molecule has 0 radical (unpaired) electrons. The highest BCUT2D eigenvalue weighted by atomic mass is 16.5. The van der Waals surface area contributed by atoms with E-state index in [-0.39, 0.29) is 23.7 Å². The fourth-order valence-corrected chi connectivity index (χ4v) is 2.23. The van der Waals surface area contributed by atoms with Gasteiger partial charge in [-0.3, -0.25) is 4.79 Å². The average Bonchev–Trinajstić information content (AvgIpc) is 2.50. The van der Waals surface area contributed by atoms with Gasteiger partial charge >= 0.3 is 5.97 Å². The molecule has 0 amide bonds. The maximum atomic E-state index is 12.0. The molecule has 2 rings (SSSR count). The quantitative estimate of drug-likeness (QED) is 0.480. The van der Waals surface area contributed by atoms with Crippen LogP contribution in [0.15, 0.2) is 43.0 Å². The summed E-state index contributed by atoms with van der Waals surface area (Å²) >= 11 is 0. The highest BCUT2D eigenvalue weighted by Gasteiger charge is 2.22. The van der Waals surface area contributed by atoms with Crippen molar-refractivity contribution in [3.05, 3.63) is 54.1 Å². The topological polar surface area (TPSA) is 52.6 Å². The van der Waals surface area contributed by atoms with Gasteiger partial charge in [0, 0.05) is 0 Å². The van der Waals surface area contributed by atoms with Gasteiger partial charge in [0.05, 0.1) is 12.7 Å². The molecule has 0 bridgehead atoms. The monoisotopic (exact) mass is 284 g/mol. The predicted octanol–water partition coefficient (Wildman–Crippen LogP) is 3.39. The maximum Gasteiger partial charge on any atom is 0.341 e. The molecule has 0 fully saturated rings. The number of fused-ring (bicyclic) bond motifs is 1. The molecule has 4 heteroatoms. The molecule has 0 aliphatic carbocycles. The fraction of sp³-hybridized carbons (Fsp3) is 0.176. The third-order valence-corrected chi connectivity index (χ3v) is 3.10. The number of rotatable bonds is 5. The van der Waals surface area contributed by atoms with E-state index in [1.165, 1.54) is 14.0 Å². The molecule has 0 atom stereocenters. The first-order valence-corrected chi connectivity index (χ1v) is 6.48. The number of carbonyl (C=O) groups is 2. The Bertz CT molecular complexity index is 716. The van der Waals surface area contributed by atoms with Crippen molar-refractivity contribution < 1.29 is 19.1 Å². The van der Waals surface area contributed by atoms with Gasteiger partial charge in [0.1, 0.15) is 17.9 Å². The second-order valence-electron chi connectivity index (χ2n) is 4.50. The number of hydrogen-bond acceptors (Lipinski definition) is 4. The number of methoxy groups -OCH3 is 1. The summed E-state index contributed by atoms with van der Waals surface area (Å²) < 4.78 is 10.4. The zero-order valence-electron chi connectivity index (χ0n) is 12.0. The highest BCUT2D eigenvalue weighted by Crippen LogP contribution is 2.33. The molecule has 4 nitrogen and oxygen atoms in total. The van der Waals surface area contributed by atoms with Gasteiger partial charge in [-0.2, -0.15) is 0 Å². The normalized spacial score (nSPS) is 10.2. The number of hydrogen-bond donors (Lipinski definition) is 0. The van der Waals surface area contributed by atoms with E-state index < -0.39 is 5.97 Å². The summed E-state index contributed by atoms with van der Waals surface area (Å²) in [4.78, 5) is 24.0. The number of ether oxygens (including phenoxy) is 2. The summed E-state index contributed by atoms with van der Waals surface area (Å²) in [5.74, 6) is -0.466. The van der Waals surface area contributed by atoms with Crippen molar-refractivity contribution in [1.82, 2.24) is 0 Å². The van der Waals surface area contributed by atoms with Gasteiger partial charge in [0.15, 0.2) is 5.78 Å². The summed E-state index contributed by atoms with van der Waals surface area (Å²) in [6.07, 6.45) is 1.56. The molecule has 108 valence electrons. The van der Waals surface area contributed by atoms with Crippen molar-refractivity contribution in [3.63, 3.8) is 0 Å². The van der Waals surface area contributed by atoms with E-state index in [0.29, 0.717) is 5.56 Å². The van der Waals surface area contributed by atoms with Crippen molar-refractivity contribution in [2.24, 2.45) is 0 Å². The second kappa shape index (κ2) is 6.22. The van der Waals surface area contributed by atoms with Gasteiger partial charge in [0.2, 0.25) is 0 Å². The lowest BCUT2D eigenvalue weighted by atomic mass is 9.97. The lowest BCUT2D eigenvalue weighted by molar-refractivity contribution is 0.0596. The number of Topliss-reactive ketones (excluding diaryl/α,β-unsaturated/α-hetero) is 1. The van der Waals surface area contributed by atoms with Crippen molar-refractivity contribution in [2.45, 2.75) is 6.92 Å². The number of ketones is 1. The fourth-order valence-electron chi connectivity index (χ4n) is 2.23. The molecular weight excluding hydrogens is 268 g/mol.